The Morgan fingerprint density at radius 2 is 1.95 bits per heavy atom. The molecule has 1 fully saturated rings. The molecule has 126 valence electrons. The van der Waals surface area contributed by atoms with Gasteiger partial charge >= 0.3 is 0 Å². The predicted molar refractivity (Wildman–Crippen MR) is 89.8 cm³/mol. The summed E-state index contributed by atoms with van der Waals surface area (Å²) >= 11 is 0. The normalized spacial score (nSPS) is 21.5. The zero-order valence-electron chi connectivity index (χ0n) is 12.8. The quantitative estimate of drug-likeness (QED) is 0.785. The molecule has 0 spiro atoms. The topological polar surface area (TPSA) is 81.4 Å². The van der Waals surface area contributed by atoms with Crippen molar-refractivity contribution in [1.29, 1.82) is 0 Å². The van der Waals surface area contributed by atoms with E-state index < -0.39 is 10.0 Å². The molecular weight excluding hydrogens is 324 g/mol. The van der Waals surface area contributed by atoms with Crippen LogP contribution in [-0.4, -0.2) is 34.7 Å². The van der Waals surface area contributed by atoms with E-state index in [1.165, 1.54) is 0 Å². The fourth-order valence-electron chi connectivity index (χ4n) is 2.80. The molecule has 0 heterocycles. The van der Waals surface area contributed by atoms with Crippen molar-refractivity contribution >= 4 is 22.4 Å². The van der Waals surface area contributed by atoms with Gasteiger partial charge in [-0.3, -0.25) is 0 Å². The molecule has 3 N–H and O–H groups in total. The van der Waals surface area contributed by atoms with Crippen LogP contribution in [0, 0.1) is 5.92 Å². The van der Waals surface area contributed by atoms with Crippen molar-refractivity contribution in [3.8, 4) is 0 Å². The second-order valence-corrected chi connectivity index (χ2v) is 7.26. The van der Waals surface area contributed by atoms with Gasteiger partial charge in [0.1, 0.15) is 0 Å². The maximum atomic E-state index is 12.4. The van der Waals surface area contributed by atoms with E-state index in [-0.39, 0.29) is 24.4 Å². The zero-order chi connectivity index (χ0) is 15.3. The van der Waals surface area contributed by atoms with Gasteiger partial charge in [0.05, 0.1) is 11.5 Å². The molecule has 0 aliphatic heterocycles. The first-order chi connectivity index (χ1) is 10.1. The van der Waals surface area contributed by atoms with Crippen molar-refractivity contribution in [2.45, 2.75) is 36.6 Å². The number of nitrogens with one attached hydrogen (secondary N) is 1. The Hall–Kier alpha value is -0.660. The van der Waals surface area contributed by atoms with Gasteiger partial charge in [-0.05, 0) is 49.4 Å². The Labute approximate surface area is 139 Å². The molecule has 0 radical (unpaired) electrons. The average molecular weight is 349 g/mol. The molecule has 2 unspecified atom stereocenters. The lowest BCUT2D eigenvalue weighted by Crippen LogP contribution is -2.39. The highest BCUT2D eigenvalue weighted by atomic mass is 35.5. The van der Waals surface area contributed by atoms with Crippen molar-refractivity contribution in [3.05, 3.63) is 29.8 Å². The van der Waals surface area contributed by atoms with Crippen LogP contribution in [0.3, 0.4) is 0 Å². The van der Waals surface area contributed by atoms with Crippen LogP contribution in [0.4, 0.5) is 0 Å². The van der Waals surface area contributed by atoms with Gasteiger partial charge in [0.15, 0.2) is 0 Å². The Morgan fingerprint density at radius 3 is 2.55 bits per heavy atom. The molecule has 0 aromatic heterocycles. The summed E-state index contributed by atoms with van der Waals surface area (Å²) < 4.78 is 32.6. The van der Waals surface area contributed by atoms with Crippen molar-refractivity contribution in [1.82, 2.24) is 4.72 Å². The number of hydrogen-bond donors (Lipinski definition) is 2. The summed E-state index contributed by atoms with van der Waals surface area (Å²) in [6.45, 7) is 1.16. The standard InChI is InChI=1S/C15H24N2O3S.ClH/c1-20-10-9-12-5-7-14(8-6-12)21(18,19)17-15-4-2-3-13(15)11-16;/h5-8,13,15,17H,2-4,9-11,16H2,1H3;1H. The summed E-state index contributed by atoms with van der Waals surface area (Å²) in [6.07, 6.45) is 3.68. The Kier molecular flexibility index (Phi) is 7.79. The van der Waals surface area contributed by atoms with Gasteiger partial charge < -0.3 is 10.5 Å². The van der Waals surface area contributed by atoms with E-state index in [1.54, 1.807) is 19.2 Å². The van der Waals surface area contributed by atoms with Crippen molar-refractivity contribution in [2.24, 2.45) is 11.7 Å². The van der Waals surface area contributed by atoms with Crippen LogP contribution in [-0.2, 0) is 21.2 Å². The van der Waals surface area contributed by atoms with E-state index in [0.717, 1.165) is 31.2 Å². The van der Waals surface area contributed by atoms with Crippen LogP contribution in [0.1, 0.15) is 24.8 Å². The lowest BCUT2D eigenvalue weighted by atomic mass is 10.1. The number of rotatable bonds is 7. The number of methoxy groups -OCH3 is 1. The van der Waals surface area contributed by atoms with Crippen LogP contribution in [0.25, 0.3) is 0 Å². The van der Waals surface area contributed by atoms with Crippen LogP contribution in [0.2, 0.25) is 0 Å². The first-order valence-electron chi connectivity index (χ1n) is 7.37. The summed E-state index contributed by atoms with van der Waals surface area (Å²) in [6, 6.07) is 6.94. The minimum atomic E-state index is -3.46. The van der Waals surface area contributed by atoms with E-state index in [2.05, 4.69) is 4.72 Å². The van der Waals surface area contributed by atoms with Crippen molar-refractivity contribution < 1.29 is 13.2 Å². The summed E-state index contributed by atoms with van der Waals surface area (Å²) in [7, 11) is -1.81. The Balaban J connectivity index is 0.00000242. The maximum absolute atomic E-state index is 12.4. The largest absolute Gasteiger partial charge is 0.384 e. The highest BCUT2D eigenvalue weighted by Crippen LogP contribution is 2.26. The molecule has 22 heavy (non-hydrogen) atoms. The molecule has 1 saturated carbocycles. The molecule has 1 aromatic carbocycles. The molecule has 1 aliphatic rings. The fourth-order valence-corrected chi connectivity index (χ4v) is 4.14. The number of nitrogens with two attached hydrogens (primary N) is 1. The van der Waals surface area contributed by atoms with E-state index in [9.17, 15) is 8.42 Å². The van der Waals surface area contributed by atoms with Crippen LogP contribution in [0.15, 0.2) is 29.2 Å². The minimum absolute atomic E-state index is 0. The van der Waals surface area contributed by atoms with Gasteiger partial charge in [0, 0.05) is 13.2 Å². The van der Waals surface area contributed by atoms with E-state index in [4.69, 9.17) is 10.5 Å². The smallest absolute Gasteiger partial charge is 0.240 e. The van der Waals surface area contributed by atoms with Crippen LogP contribution in [0.5, 0.6) is 0 Å². The monoisotopic (exact) mass is 348 g/mol. The van der Waals surface area contributed by atoms with E-state index in [0.29, 0.717) is 18.0 Å². The van der Waals surface area contributed by atoms with Gasteiger partial charge in [-0.2, -0.15) is 0 Å². The minimum Gasteiger partial charge on any atom is -0.384 e. The maximum Gasteiger partial charge on any atom is 0.240 e. The third kappa shape index (κ3) is 4.93. The predicted octanol–water partition coefficient (Wildman–Crippen LogP) is 1.70. The summed E-state index contributed by atoms with van der Waals surface area (Å²) in [5.41, 5.74) is 6.77. The first-order valence-corrected chi connectivity index (χ1v) is 8.85. The van der Waals surface area contributed by atoms with E-state index in [1.807, 2.05) is 12.1 Å². The number of ether oxygens (including phenoxy) is 1. The average Bonchev–Trinajstić information content (AvgIpc) is 2.92. The molecule has 0 saturated heterocycles. The third-order valence-corrected chi connectivity index (χ3v) is 5.60. The molecular formula is C15H25ClN2O3S. The molecule has 0 amide bonds. The van der Waals surface area contributed by atoms with Gasteiger partial charge in [0.2, 0.25) is 10.0 Å². The number of benzene rings is 1. The van der Waals surface area contributed by atoms with Gasteiger partial charge in [-0.15, -0.1) is 12.4 Å². The molecule has 7 heteroatoms. The molecule has 2 atom stereocenters. The molecule has 1 aromatic rings. The van der Waals surface area contributed by atoms with Crippen molar-refractivity contribution in [3.63, 3.8) is 0 Å². The second-order valence-electron chi connectivity index (χ2n) is 5.54. The van der Waals surface area contributed by atoms with Gasteiger partial charge in [0.25, 0.3) is 0 Å². The summed E-state index contributed by atoms with van der Waals surface area (Å²) in [4.78, 5) is 0.311. The van der Waals surface area contributed by atoms with Gasteiger partial charge in [-0.1, -0.05) is 18.6 Å². The van der Waals surface area contributed by atoms with Crippen LogP contribution >= 0.6 is 12.4 Å². The molecule has 1 aliphatic carbocycles. The van der Waals surface area contributed by atoms with E-state index >= 15 is 0 Å². The summed E-state index contributed by atoms with van der Waals surface area (Å²) in [5.74, 6) is 0.251. The Bertz CT molecular complexity index is 548. The fraction of sp³-hybridized carbons (Fsp3) is 0.600. The summed E-state index contributed by atoms with van der Waals surface area (Å²) in [5, 5.41) is 0. The van der Waals surface area contributed by atoms with Crippen molar-refractivity contribution in [2.75, 3.05) is 20.3 Å². The SMILES string of the molecule is COCCc1ccc(S(=O)(=O)NC2CCCC2CN)cc1.Cl. The highest BCUT2D eigenvalue weighted by molar-refractivity contribution is 7.89. The number of halogens is 1. The molecule has 0 bridgehead atoms. The third-order valence-electron chi connectivity index (χ3n) is 4.10. The van der Waals surface area contributed by atoms with Gasteiger partial charge in [-0.25, -0.2) is 13.1 Å². The zero-order valence-corrected chi connectivity index (χ0v) is 14.5. The lowest BCUT2D eigenvalue weighted by Gasteiger charge is -2.19. The molecule has 2 rings (SSSR count). The number of sulfonamides is 1. The first kappa shape index (κ1) is 19.4. The number of hydrogen-bond acceptors (Lipinski definition) is 4. The highest BCUT2D eigenvalue weighted by Gasteiger charge is 2.30. The second kappa shape index (κ2) is 8.84. The van der Waals surface area contributed by atoms with Crippen LogP contribution < -0.4 is 10.5 Å². The lowest BCUT2D eigenvalue weighted by molar-refractivity contribution is 0.202. The molecule has 5 nitrogen and oxygen atoms in total. The Morgan fingerprint density at radius 1 is 1.27 bits per heavy atom.